The number of hydrogen-bond donors (Lipinski definition) is 1. The molecule has 0 saturated heterocycles. The molecule has 13 heteroatoms. The second kappa shape index (κ2) is 10.1. The van der Waals surface area contributed by atoms with Gasteiger partial charge >= 0.3 is 17.6 Å². The van der Waals surface area contributed by atoms with E-state index in [0.717, 1.165) is 20.4 Å². The lowest BCUT2D eigenvalue weighted by Gasteiger charge is -2.17. The first kappa shape index (κ1) is 26.4. The van der Waals surface area contributed by atoms with E-state index >= 15 is 0 Å². The third kappa shape index (κ3) is 5.46. The highest BCUT2D eigenvalue weighted by Gasteiger charge is 2.28. The molecule has 5 rings (SSSR count). The molecule has 3 aromatic heterocycles. The van der Waals surface area contributed by atoms with Gasteiger partial charge in [-0.2, -0.15) is 28.5 Å². The van der Waals surface area contributed by atoms with Crippen molar-refractivity contribution in [3.05, 3.63) is 104 Å². The number of anilines is 2. The van der Waals surface area contributed by atoms with E-state index < -0.39 is 24.1 Å². The molecule has 0 aliphatic rings. The highest BCUT2D eigenvalue weighted by atomic mass is 19.4. The lowest BCUT2D eigenvalue weighted by Crippen LogP contribution is -2.41. The number of nitriles is 1. The SMILES string of the molecule is Cc1cncc(-n2c(=O)nc(Nc3ccc4nn(CC(F)(F)F)cc4c3)n(Cc3cc(C#N)ccc3C)c2=O)c1. The monoisotopic (exact) mass is 546 g/mol. The van der Waals surface area contributed by atoms with Gasteiger partial charge in [0.05, 0.1) is 35.6 Å². The third-order valence-electron chi connectivity index (χ3n) is 6.15. The van der Waals surface area contributed by atoms with Crippen LogP contribution in [0.2, 0.25) is 0 Å². The summed E-state index contributed by atoms with van der Waals surface area (Å²) < 4.78 is 41.4. The lowest BCUT2D eigenvalue weighted by atomic mass is 10.1. The second-order valence-corrected chi connectivity index (χ2v) is 9.24. The zero-order valence-corrected chi connectivity index (χ0v) is 21.3. The van der Waals surface area contributed by atoms with E-state index in [2.05, 4.69) is 26.5 Å². The van der Waals surface area contributed by atoms with Gasteiger partial charge in [-0.25, -0.2) is 14.2 Å². The van der Waals surface area contributed by atoms with Gasteiger partial charge in [0.25, 0.3) is 0 Å². The first-order valence-electron chi connectivity index (χ1n) is 12.0. The van der Waals surface area contributed by atoms with Crippen molar-refractivity contribution in [2.75, 3.05) is 5.32 Å². The van der Waals surface area contributed by atoms with E-state index in [-0.39, 0.29) is 18.2 Å². The van der Waals surface area contributed by atoms with Gasteiger partial charge in [-0.05, 0) is 66.9 Å². The molecule has 1 N–H and O–H groups in total. The normalized spacial score (nSPS) is 11.5. The molecule has 0 amide bonds. The number of rotatable bonds is 6. The maximum atomic E-state index is 13.8. The average molecular weight is 547 g/mol. The summed E-state index contributed by atoms with van der Waals surface area (Å²) in [6.45, 7) is 2.34. The molecular weight excluding hydrogens is 525 g/mol. The summed E-state index contributed by atoms with van der Waals surface area (Å²) in [5.74, 6) is -0.0874. The van der Waals surface area contributed by atoms with Crippen LogP contribution >= 0.6 is 0 Å². The Balaban J connectivity index is 1.62. The number of hydrogen-bond acceptors (Lipinski definition) is 7. The van der Waals surface area contributed by atoms with Crippen LogP contribution in [0.4, 0.5) is 24.8 Å². The van der Waals surface area contributed by atoms with Crippen molar-refractivity contribution in [1.29, 1.82) is 5.26 Å². The highest BCUT2D eigenvalue weighted by molar-refractivity contribution is 5.82. The van der Waals surface area contributed by atoms with Crippen molar-refractivity contribution in [3.8, 4) is 11.8 Å². The molecule has 202 valence electrons. The van der Waals surface area contributed by atoms with Gasteiger partial charge in [0, 0.05) is 23.5 Å². The third-order valence-corrected chi connectivity index (χ3v) is 6.15. The predicted molar refractivity (Wildman–Crippen MR) is 141 cm³/mol. The number of alkyl halides is 3. The Bertz CT molecular complexity index is 1910. The largest absolute Gasteiger partial charge is 0.408 e. The number of nitrogens with one attached hydrogen (secondary N) is 1. The fraction of sp³-hybridized carbons (Fsp3) is 0.185. The van der Waals surface area contributed by atoms with Crippen molar-refractivity contribution in [2.24, 2.45) is 0 Å². The maximum Gasteiger partial charge on any atom is 0.408 e. The van der Waals surface area contributed by atoms with Crippen LogP contribution in [0.3, 0.4) is 0 Å². The fourth-order valence-corrected chi connectivity index (χ4v) is 4.24. The van der Waals surface area contributed by atoms with Crippen LogP contribution in [0.5, 0.6) is 0 Å². The molecule has 2 aromatic carbocycles. The van der Waals surface area contributed by atoms with E-state index in [0.29, 0.717) is 27.7 Å². The van der Waals surface area contributed by atoms with Gasteiger partial charge in [-0.15, -0.1) is 0 Å². The van der Waals surface area contributed by atoms with Gasteiger partial charge in [0.15, 0.2) is 0 Å². The Labute approximate surface area is 224 Å². The van der Waals surface area contributed by atoms with Crippen LogP contribution in [0.15, 0.2) is 70.6 Å². The van der Waals surface area contributed by atoms with E-state index in [1.807, 2.05) is 6.92 Å². The van der Waals surface area contributed by atoms with Crippen LogP contribution in [-0.4, -0.2) is 35.1 Å². The Hall–Kier alpha value is -5.25. The number of pyridine rings is 1. The predicted octanol–water partition coefficient (Wildman–Crippen LogP) is 3.98. The molecule has 0 unspecified atom stereocenters. The minimum absolute atomic E-state index is 0.0270. The van der Waals surface area contributed by atoms with Crippen molar-refractivity contribution >= 4 is 22.5 Å². The number of nitrogens with zero attached hydrogens (tertiary/aromatic N) is 7. The fourth-order valence-electron chi connectivity index (χ4n) is 4.24. The zero-order chi connectivity index (χ0) is 28.6. The molecular formula is C27H21F3N8O2. The molecule has 10 nitrogen and oxygen atoms in total. The first-order chi connectivity index (χ1) is 19.0. The van der Waals surface area contributed by atoms with E-state index in [4.69, 9.17) is 0 Å². The smallest absolute Gasteiger partial charge is 0.325 e. The zero-order valence-electron chi connectivity index (χ0n) is 21.3. The van der Waals surface area contributed by atoms with Gasteiger partial charge in [0.2, 0.25) is 5.95 Å². The molecule has 0 spiro atoms. The summed E-state index contributed by atoms with van der Waals surface area (Å²) in [7, 11) is 0. The second-order valence-electron chi connectivity index (χ2n) is 9.24. The summed E-state index contributed by atoms with van der Waals surface area (Å²) >= 11 is 0. The minimum Gasteiger partial charge on any atom is -0.325 e. The van der Waals surface area contributed by atoms with Crippen LogP contribution in [0, 0.1) is 25.2 Å². The van der Waals surface area contributed by atoms with Crippen molar-refractivity contribution < 1.29 is 13.2 Å². The Kier molecular flexibility index (Phi) is 6.68. The van der Waals surface area contributed by atoms with E-state index in [1.54, 1.807) is 49.5 Å². The summed E-state index contributed by atoms with van der Waals surface area (Å²) in [5, 5.41) is 16.7. The summed E-state index contributed by atoms with van der Waals surface area (Å²) in [6, 6.07) is 13.4. The van der Waals surface area contributed by atoms with Gasteiger partial charge in [-0.3, -0.25) is 14.2 Å². The average Bonchev–Trinajstić information content (AvgIpc) is 3.27. The molecule has 0 atom stereocenters. The summed E-state index contributed by atoms with van der Waals surface area (Å²) in [4.78, 5) is 35.1. The van der Waals surface area contributed by atoms with Gasteiger partial charge in [-0.1, -0.05) is 6.07 Å². The van der Waals surface area contributed by atoms with Crippen molar-refractivity contribution in [2.45, 2.75) is 33.1 Å². The summed E-state index contributed by atoms with van der Waals surface area (Å²) in [5.41, 5.74) is 2.00. The molecule has 40 heavy (non-hydrogen) atoms. The topological polar surface area (TPSA) is 123 Å². The van der Waals surface area contributed by atoms with Crippen molar-refractivity contribution in [3.63, 3.8) is 0 Å². The molecule has 0 saturated carbocycles. The van der Waals surface area contributed by atoms with Crippen LogP contribution in [-0.2, 0) is 13.1 Å². The van der Waals surface area contributed by atoms with Crippen molar-refractivity contribution in [1.82, 2.24) is 28.9 Å². The Morgan fingerprint density at radius 2 is 1.85 bits per heavy atom. The molecule has 0 fully saturated rings. The van der Waals surface area contributed by atoms with E-state index in [1.165, 1.54) is 23.0 Å². The first-order valence-corrected chi connectivity index (χ1v) is 12.0. The van der Waals surface area contributed by atoms with Crippen LogP contribution in [0.25, 0.3) is 16.6 Å². The summed E-state index contributed by atoms with van der Waals surface area (Å²) in [6.07, 6.45) is -0.210. The van der Waals surface area contributed by atoms with Gasteiger partial charge in [0.1, 0.15) is 6.54 Å². The number of aromatic nitrogens is 6. The molecule has 0 aliphatic carbocycles. The van der Waals surface area contributed by atoms with Gasteiger partial charge < -0.3 is 5.32 Å². The number of halogens is 3. The molecule has 0 radical (unpaired) electrons. The molecule has 3 heterocycles. The maximum absolute atomic E-state index is 13.8. The minimum atomic E-state index is -4.43. The molecule has 5 aromatic rings. The molecule has 0 aliphatic heterocycles. The quantitative estimate of drug-likeness (QED) is 0.342. The standard InChI is InChI=1S/C27H21F3N8O2/c1-16-7-22(12-32-11-16)38-25(39)34-24(37(26(38)40)14-19-8-18(10-31)4-3-17(19)2)33-21-5-6-23-20(9-21)13-36(35-23)15-27(28,29)30/h3-9,11-13H,14-15H2,1-2H3,(H,33,34,39). The number of fused-ring (bicyclic) bond motifs is 1. The van der Waals surface area contributed by atoms with E-state index in [9.17, 15) is 28.0 Å². The van der Waals surface area contributed by atoms with Crippen LogP contribution < -0.4 is 16.7 Å². The Morgan fingerprint density at radius 3 is 2.58 bits per heavy atom. The Morgan fingerprint density at radius 1 is 1.05 bits per heavy atom. The molecule has 0 bridgehead atoms. The number of aryl methyl sites for hydroxylation is 2. The lowest BCUT2D eigenvalue weighted by molar-refractivity contribution is -0.142. The highest BCUT2D eigenvalue weighted by Crippen LogP contribution is 2.23. The van der Waals surface area contributed by atoms with Crippen LogP contribution in [0.1, 0.15) is 22.3 Å². The number of benzene rings is 2.